The molecule has 1 aromatic heterocycles. The summed E-state index contributed by atoms with van der Waals surface area (Å²) >= 11 is 1.57. The molecule has 26 heavy (non-hydrogen) atoms. The van der Waals surface area contributed by atoms with Crippen LogP contribution in [0.3, 0.4) is 0 Å². The molecule has 0 fully saturated rings. The maximum atomic E-state index is 10.1. The molecule has 0 radical (unpaired) electrons. The number of aromatic nitrogens is 1. The van der Waals surface area contributed by atoms with Gasteiger partial charge in [0.15, 0.2) is 0 Å². The molecule has 0 aliphatic heterocycles. The Labute approximate surface area is 157 Å². The summed E-state index contributed by atoms with van der Waals surface area (Å²) in [4.78, 5) is 5.42. The summed E-state index contributed by atoms with van der Waals surface area (Å²) in [6, 6.07) is 13.7. The van der Waals surface area contributed by atoms with Crippen LogP contribution in [0.5, 0.6) is 5.75 Å². The number of rotatable bonds is 4. The normalized spacial score (nSPS) is 12.6. The standard InChI is InChI=1S/C21H23N3OS/c1-5-22-21-24(23-16(4)18-8-6-7-9-20(18)25)19(13-26-21)17-11-10-14(2)15(3)12-17/h6-13,25H,5H2,1-4H3. The van der Waals surface area contributed by atoms with E-state index in [-0.39, 0.29) is 5.75 Å². The van der Waals surface area contributed by atoms with Gasteiger partial charge in [-0.05, 0) is 57.0 Å². The lowest BCUT2D eigenvalue weighted by Crippen LogP contribution is -2.14. The minimum absolute atomic E-state index is 0.228. The molecule has 0 spiro atoms. The Balaban J connectivity index is 2.18. The van der Waals surface area contributed by atoms with E-state index < -0.39 is 0 Å². The van der Waals surface area contributed by atoms with Crippen LogP contribution in [-0.2, 0) is 0 Å². The number of thiazole rings is 1. The van der Waals surface area contributed by atoms with Gasteiger partial charge in [0.25, 0.3) is 0 Å². The zero-order chi connectivity index (χ0) is 18.7. The van der Waals surface area contributed by atoms with Gasteiger partial charge in [-0.25, -0.2) is 4.68 Å². The summed E-state index contributed by atoms with van der Waals surface area (Å²) in [7, 11) is 0. The van der Waals surface area contributed by atoms with Crippen LogP contribution in [0.4, 0.5) is 0 Å². The predicted octanol–water partition coefficient (Wildman–Crippen LogP) is 4.73. The first-order valence-corrected chi connectivity index (χ1v) is 9.51. The highest BCUT2D eigenvalue weighted by atomic mass is 32.1. The van der Waals surface area contributed by atoms with Crippen molar-refractivity contribution in [3.05, 3.63) is 69.3 Å². The monoisotopic (exact) mass is 365 g/mol. The van der Waals surface area contributed by atoms with Gasteiger partial charge in [-0.2, -0.15) is 5.10 Å². The molecule has 3 rings (SSSR count). The van der Waals surface area contributed by atoms with Crippen molar-refractivity contribution in [1.82, 2.24) is 4.68 Å². The van der Waals surface area contributed by atoms with Crippen LogP contribution >= 0.6 is 11.3 Å². The van der Waals surface area contributed by atoms with E-state index in [4.69, 9.17) is 5.10 Å². The number of hydrogen-bond donors (Lipinski definition) is 1. The summed E-state index contributed by atoms with van der Waals surface area (Å²) < 4.78 is 1.88. The molecule has 0 atom stereocenters. The van der Waals surface area contributed by atoms with Gasteiger partial charge in [0.05, 0.1) is 11.4 Å². The van der Waals surface area contributed by atoms with E-state index in [1.807, 2.05) is 36.7 Å². The SMILES string of the molecule is CCN=c1scc(-c2ccc(C)c(C)c2)n1N=C(C)c1ccccc1O. The average Bonchev–Trinajstić information content (AvgIpc) is 3.00. The highest BCUT2D eigenvalue weighted by Crippen LogP contribution is 2.24. The van der Waals surface area contributed by atoms with Gasteiger partial charge in [0, 0.05) is 23.1 Å². The smallest absolute Gasteiger partial charge is 0.206 e. The zero-order valence-corrected chi connectivity index (χ0v) is 16.3. The van der Waals surface area contributed by atoms with Crippen molar-refractivity contribution in [1.29, 1.82) is 0 Å². The first kappa shape index (κ1) is 18.1. The van der Waals surface area contributed by atoms with E-state index in [2.05, 4.69) is 42.4 Å². The highest BCUT2D eigenvalue weighted by Gasteiger charge is 2.10. The third kappa shape index (κ3) is 3.63. The number of aryl methyl sites for hydroxylation is 2. The lowest BCUT2D eigenvalue weighted by atomic mass is 10.1. The van der Waals surface area contributed by atoms with Gasteiger partial charge in [-0.15, -0.1) is 11.3 Å². The molecule has 0 aliphatic carbocycles. The Morgan fingerprint density at radius 3 is 2.58 bits per heavy atom. The van der Waals surface area contributed by atoms with Crippen LogP contribution in [-0.4, -0.2) is 22.0 Å². The number of nitrogens with zero attached hydrogens (tertiary/aromatic N) is 3. The van der Waals surface area contributed by atoms with Crippen molar-refractivity contribution < 1.29 is 5.11 Å². The number of benzene rings is 2. The van der Waals surface area contributed by atoms with Crippen LogP contribution < -0.4 is 4.80 Å². The average molecular weight is 366 g/mol. The fourth-order valence-electron chi connectivity index (χ4n) is 2.72. The molecule has 3 aromatic rings. The second-order valence-electron chi connectivity index (χ2n) is 6.19. The Bertz CT molecular complexity index is 1030. The molecule has 0 bridgehead atoms. The van der Waals surface area contributed by atoms with Gasteiger partial charge < -0.3 is 5.11 Å². The van der Waals surface area contributed by atoms with Crippen LogP contribution in [0.15, 0.2) is 57.9 Å². The Hall–Kier alpha value is -2.66. The highest BCUT2D eigenvalue weighted by molar-refractivity contribution is 7.07. The van der Waals surface area contributed by atoms with Gasteiger partial charge in [-0.3, -0.25) is 4.99 Å². The lowest BCUT2D eigenvalue weighted by Gasteiger charge is -2.09. The second-order valence-corrected chi connectivity index (χ2v) is 7.03. The fourth-order valence-corrected chi connectivity index (χ4v) is 3.62. The van der Waals surface area contributed by atoms with E-state index in [0.29, 0.717) is 6.54 Å². The quantitative estimate of drug-likeness (QED) is 0.668. The summed E-state index contributed by atoms with van der Waals surface area (Å²) in [5.74, 6) is 0.228. The Morgan fingerprint density at radius 2 is 1.88 bits per heavy atom. The van der Waals surface area contributed by atoms with E-state index >= 15 is 0 Å². The molecule has 5 heteroatoms. The van der Waals surface area contributed by atoms with Crippen molar-refractivity contribution in [2.24, 2.45) is 10.1 Å². The van der Waals surface area contributed by atoms with Crippen LogP contribution in [0.2, 0.25) is 0 Å². The van der Waals surface area contributed by atoms with Crippen molar-refractivity contribution in [3.63, 3.8) is 0 Å². The third-order valence-corrected chi connectivity index (χ3v) is 5.18. The van der Waals surface area contributed by atoms with E-state index in [1.165, 1.54) is 11.1 Å². The number of aromatic hydroxyl groups is 1. The lowest BCUT2D eigenvalue weighted by molar-refractivity contribution is 0.474. The van der Waals surface area contributed by atoms with Gasteiger partial charge in [0.2, 0.25) is 4.80 Å². The van der Waals surface area contributed by atoms with Crippen molar-refractivity contribution >= 4 is 17.0 Å². The summed E-state index contributed by atoms with van der Waals surface area (Å²) in [5, 5.41) is 17.0. The van der Waals surface area contributed by atoms with Crippen LogP contribution in [0, 0.1) is 13.8 Å². The number of para-hydroxylation sites is 1. The van der Waals surface area contributed by atoms with Crippen molar-refractivity contribution in [3.8, 4) is 17.0 Å². The van der Waals surface area contributed by atoms with Crippen molar-refractivity contribution in [2.45, 2.75) is 27.7 Å². The summed E-state index contributed by atoms with van der Waals surface area (Å²) in [6.45, 7) is 8.83. The summed E-state index contributed by atoms with van der Waals surface area (Å²) in [6.07, 6.45) is 0. The molecule has 0 saturated carbocycles. The largest absolute Gasteiger partial charge is 0.507 e. The minimum Gasteiger partial charge on any atom is -0.507 e. The van der Waals surface area contributed by atoms with Gasteiger partial charge in [-0.1, -0.05) is 24.3 Å². The van der Waals surface area contributed by atoms with E-state index in [9.17, 15) is 5.11 Å². The maximum Gasteiger partial charge on any atom is 0.206 e. The molecular formula is C21H23N3OS. The Kier molecular flexibility index (Phi) is 5.38. The molecule has 134 valence electrons. The Morgan fingerprint density at radius 1 is 1.12 bits per heavy atom. The van der Waals surface area contributed by atoms with Crippen molar-refractivity contribution in [2.75, 3.05) is 6.54 Å². The predicted molar refractivity (Wildman–Crippen MR) is 109 cm³/mol. The molecule has 1 N–H and O–H groups in total. The minimum atomic E-state index is 0.228. The van der Waals surface area contributed by atoms with E-state index in [0.717, 1.165) is 27.3 Å². The molecule has 4 nitrogen and oxygen atoms in total. The number of hydrogen-bond acceptors (Lipinski definition) is 4. The molecule has 0 unspecified atom stereocenters. The molecule has 1 heterocycles. The molecular weight excluding hydrogens is 342 g/mol. The first-order valence-electron chi connectivity index (χ1n) is 8.64. The third-order valence-electron chi connectivity index (χ3n) is 4.33. The molecule has 0 aliphatic rings. The maximum absolute atomic E-state index is 10.1. The molecule has 0 amide bonds. The summed E-state index contributed by atoms with van der Waals surface area (Å²) in [5.41, 5.74) is 6.08. The topological polar surface area (TPSA) is 49.9 Å². The fraction of sp³-hybridized carbons (Fsp3) is 0.238. The zero-order valence-electron chi connectivity index (χ0n) is 15.5. The first-order chi connectivity index (χ1) is 12.5. The van der Waals surface area contributed by atoms with Crippen LogP contribution in [0.25, 0.3) is 11.3 Å². The molecule has 2 aromatic carbocycles. The van der Waals surface area contributed by atoms with E-state index in [1.54, 1.807) is 17.4 Å². The number of phenolic OH excluding ortho intramolecular Hbond substituents is 1. The molecule has 0 saturated heterocycles. The second kappa shape index (κ2) is 7.70. The van der Waals surface area contributed by atoms with Gasteiger partial charge in [0.1, 0.15) is 5.75 Å². The number of phenols is 1. The van der Waals surface area contributed by atoms with Crippen LogP contribution in [0.1, 0.15) is 30.5 Å². The van der Waals surface area contributed by atoms with Gasteiger partial charge >= 0.3 is 0 Å².